The van der Waals surface area contributed by atoms with Gasteiger partial charge in [-0.1, -0.05) is 44.2 Å². The Hall–Kier alpha value is -0.510. The van der Waals surface area contributed by atoms with Gasteiger partial charge in [-0.05, 0) is 12.0 Å². The van der Waals surface area contributed by atoms with Crippen LogP contribution in [0.4, 0.5) is 0 Å². The molecule has 0 aliphatic heterocycles. The number of rotatable bonds is 6. The van der Waals surface area contributed by atoms with E-state index in [-0.39, 0.29) is 12.6 Å². The molecule has 0 aliphatic carbocycles. The molecule has 0 heterocycles. The molecule has 2 nitrogen and oxygen atoms in total. The van der Waals surface area contributed by atoms with Crippen molar-refractivity contribution in [3.05, 3.63) is 35.9 Å². The number of benzene rings is 1. The van der Waals surface area contributed by atoms with E-state index in [1.165, 1.54) is 5.56 Å². The lowest BCUT2D eigenvalue weighted by molar-refractivity contribution is 0.288. The number of thioether (sulfide) groups is 1. The summed E-state index contributed by atoms with van der Waals surface area (Å²) in [4.78, 5) is 0. The van der Waals surface area contributed by atoms with Crippen LogP contribution >= 0.6 is 11.8 Å². The van der Waals surface area contributed by atoms with Gasteiger partial charge in [0.1, 0.15) is 0 Å². The summed E-state index contributed by atoms with van der Waals surface area (Å²) < 4.78 is 0. The smallest absolute Gasteiger partial charge is 0.0441 e. The highest BCUT2D eigenvalue weighted by Gasteiger charge is 2.17. The van der Waals surface area contributed by atoms with Gasteiger partial charge in [-0.15, -0.1) is 0 Å². The van der Waals surface area contributed by atoms with Crippen LogP contribution in [0.15, 0.2) is 30.3 Å². The fraction of sp³-hybridized carbons (Fsp3) is 0.538. The molecule has 0 aromatic heterocycles. The summed E-state index contributed by atoms with van der Waals surface area (Å²) >= 11 is 1.84. The Morgan fingerprint density at radius 3 is 2.44 bits per heavy atom. The van der Waals surface area contributed by atoms with Crippen molar-refractivity contribution in [1.29, 1.82) is 0 Å². The Morgan fingerprint density at radius 1 is 1.25 bits per heavy atom. The van der Waals surface area contributed by atoms with Crippen molar-refractivity contribution < 1.29 is 5.11 Å². The minimum atomic E-state index is 0.0624. The molecular weight excluding hydrogens is 218 g/mol. The zero-order chi connectivity index (χ0) is 12.0. The van der Waals surface area contributed by atoms with E-state index in [1.54, 1.807) is 0 Å². The van der Waals surface area contributed by atoms with Crippen LogP contribution in [0.1, 0.15) is 31.9 Å². The minimum Gasteiger partial charge on any atom is -0.396 e. The standard InChI is InChI=1S/C13H21NOS/c1-10(8-9-15)16-11(2)13(14)12-6-4-3-5-7-12/h3-7,10-11,13,15H,8-9,14H2,1-2H3. The van der Waals surface area contributed by atoms with Crippen LogP contribution in [0.5, 0.6) is 0 Å². The fourth-order valence-electron chi connectivity index (χ4n) is 1.65. The van der Waals surface area contributed by atoms with Gasteiger partial charge in [0.15, 0.2) is 0 Å². The molecule has 1 rings (SSSR count). The maximum Gasteiger partial charge on any atom is 0.0441 e. The average molecular weight is 239 g/mol. The summed E-state index contributed by atoms with van der Waals surface area (Å²) in [7, 11) is 0. The molecule has 0 fully saturated rings. The molecule has 0 aliphatic rings. The highest BCUT2D eigenvalue weighted by molar-refractivity contribution is 8.00. The zero-order valence-corrected chi connectivity index (χ0v) is 10.8. The van der Waals surface area contributed by atoms with Gasteiger partial charge in [-0.2, -0.15) is 11.8 Å². The number of nitrogens with two attached hydrogens (primary N) is 1. The second-order valence-electron chi connectivity index (χ2n) is 4.10. The molecule has 0 spiro atoms. The lowest BCUT2D eigenvalue weighted by Crippen LogP contribution is -2.23. The summed E-state index contributed by atoms with van der Waals surface area (Å²) in [5.74, 6) is 0. The molecule has 90 valence electrons. The van der Waals surface area contributed by atoms with E-state index in [0.29, 0.717) is 10.5 Å². The number of aliphatic hydroxyl groups excluding tert-OH is 1. The quantitative estimate of drug-likeness (QED) is 0.802. The van der Waals surface area contributed by atoms with Crippen molar-refractivity contribution in [1.82, 2.24) is 0 Å². The number of hydrogen-bond acceptors (Lipinski definition) is 3. The number of aliphatic hydroxyl groups is 1. The van der Waals surface area contributed by atoms with E-state index < -0.39 is 0 Å². The molecule has 0 radical (unpaired) electrons. The third-order valence-corrected chi connectivity index (χ3v) is 4.10. The van der Waals surface area contributed by atoms with Crippen molar-refractivity contribution in [2.24, 2.45) is 5.73 Å². The first-order chi connectivity index (χ1) is 7.65. The maximum atomic E-state index is 8.86. The molecule has 3 N–H and O–H groups in total. The summed E-state index contributed by atoms with van der Waals surface area (Å²) in [6.45, 7) is 4.53. The van der Waals surface area contributed by atoms with Crippen LogP contribution in [0.3, 0.4) is 0 Å². The van der Waals surface area contributed by atoms with Gasteiger partial charge in [-0.3, -0.25) is 0 Å². The summed E-state index contributed by atoms with van der Waals surface area (Å²) in [5.41, 5.74) is 7.38. The third-order valence-electron chi connectivity index (χ3n) is 2.67. The second-order valence-corrected chi connectivity index (χ2v) is 5.92. The first-order valence-electron chi connectivity index (χ1n) is 5.72. The van der Waals surface area contributed by atoms with Crippen LogP contribution < -0.4 is 5.73 Å². The summed E-state index contributed by atoms with van der Waals surface area (Å²) in [6, 6.07) is 10.2. The molecule has 0 amide bonds. The van der Waals surface area contributed by atoms with Crippen molar-refractivity contribution in [2.75, 3.05) is 6.61 Å². The molecule has 1 aromatic carbocycles. The van der Waals surface area contributed by atoms with Crippen molar-refractivity contribution in [2.45, 2.75) is 36.8 Å². The van der Waals surface area contributed by atoms with Gasteiger partial charge in [0.25, 0.3) is 0 Å². The van der Waals surface area contributed by atoms with E-state index in [9.17, 15) is 0 Å². The van der Waals surface area contributed by atoms with E-state index in [1.807, 2.05) is 30.0 Å². The highest BCUT2D eigenvalue weighted by Crippen LogP contribution is 2.28. The Morgan fingerprint density at radius 2 is 1.88 bits per heavy atom. The molecule has 1 aromatic rings. The molecule has 0 saturated carbocycles. The predicted molar refractivity (Wildman–Crippen MR) is 71.6 cm³/mol. The van der Waals surface area contributed by atoms with Crippen LogP contribution in [-0.4, -0.2) is 22.2 Å². The van der Waals surface area contributed by atoms with Gasteiger partial charge >= 0.3 is 0 Å². The predicted octanol–water partition coefficient (Wildman–Crippen LogP) is 2.58. The summed E-state index contributed by atoms with van der Waals surface area (Å²) in [6.07, 6.45) is 0.830. The Balaban J connectivity index is 2.51. The molecule has 3 atom stereocenters. The van der Waals surface area contributed by atoms with E-state index in [2.05, 4.69) is 26.0 Å². The number of hydrogen-bond donors (Lipinski definition) is 2. The molecule has 0 bridgehead atoms. The topological polar surface area (TPSA) is 46.2 Å². The third kappa shape index (κ3) is 4.16. The SMILES string of the molecule is CC(CCO)SC(C)C(N)c1ccccc1. The molecule has 3 unspecified atom stereocenters. The first kappa shape index (κ1) is 13.6. The van der Waals surface area contributed by atoms with E-state index in [0.717, 1.165) is 6.42 Å². The van der Waals surface area contributed by atoms with Crippen molar-refractivity contribution in [3.8, 4) is 0 Å². The van der Waals surface area contributed by atoms with Gasteiger partial charge in [0.05, 0.1) is 0 Å². The van der Waals surface area contributed by atoms with Crippen molar-refractivity contribution in [3.63, 3.8) is 0 Å². The lowest BCUT2D eigenvalue weighted by Gasteiger charge is -2.22. The second kappa shape index (κ2) is 6.94. The Labute approximate surface area is 102 Å². The molecule has 16 heavy (non-hydrogen) atoms. The monoisotopic (exact) mass is 239 g/mol. The molecule has 0 saturated heterocycles. The largest absolute Gasteiger partial charge is 0.396 e. The lowest BCUT2D eigenvalue weighted by atomic mass is 10.1. The van der Waals surface area contributed by atoms with Gasteiger partial charge < -0.3 is 10.8 Å². The maximum absolute atomic E-state index is 8.86. The van der Waals surface area contributed by atoms with Gasteiger partial charge in [0.2, 0.25) is 0 Å². The van der Waals surface area contributed by atoms with E-state index >= 15 is 0 Å². The van der Waals surface area contributed by atoms with Gasteiger partial charge in [-0.25, -0.2) is 0 Å². The van der Waals surface area contributed by atoms with Crippen LogP contribution in [0.2, 0.25) is 0 Å². The fourth-order valence-corrected chi connectivity index (χ4v) is 2.95. The molecular formula is C13H21NOS. The van der Waals surface area contributed by atoms with Crippen LogP contribution in [0.25, 0.3) is 0 Å². The molecule has 3 heteroatoms. The first-order valence-corrected chi connectivity index (χ1v) is 6.66. The Bertz CT molecular complexity index is 291. The van der Waals surface area contributed by atoms with Crippen LogP contribution in [-0.2, 0) is 0 Å². The van der Waals surface area contributed by atoms with E-state index in [4.69, 9.17) is 10.8 Å². The summed E-state index contributed by atoms with van der Waals surface area (Å²) in [5, 5.41) is 9.68. The zero-order valence-electron chi connectivity index (χ0n) is 9.97. The normalized spacial score (nSPS) is 16.8. The van der Waals surface area contributed by atoms with Gasteiger partial charge in [0, 0.05) is 23.1 Å². The highest BCUT2D eigenvalue weighted by atomic mass is 32.2. The minimum absolute atomic E-state index is 0.0624. The Kier molecular flexibility index (Phi) is 5.88. The average Bonchev–Trinajstić information content (AvgIpc) is 2.29. The van der Waals surface area contributed by atoms with Crippen molar-refractivity contribution >= 4 is 11.8 Å². The van der Waals surface area contributed by atoms with Crippen LogP contribution in [0, 0.1) is 0 Å².